The molecule has 0 amide bonds. The van der Waals surface area contributed by atoms with Crippen LogP contribution in [-0.2, 0) is 16.4 Å². The largest absolute Gasteiger partial charge is 0.340 e. The summed E-state index contributed by atoms with van der Waals surface area (Å²) in [5, 5.41) is 6.18. The summed E-state index contributed by atoms with van der Waals surface area (Å²) in [5.41, 5.74) is 3.41. The second-order valence-electron chi connectivity index (χ2n) is 11.7. The molecule has 2 aliphatic rings. The summed E-state index contributed by atoms with van der Waals surface area (Å²) >= 11 is 0. The molecule has 2 N–H and O–H groups in total. The number of nitrogens with zero attached hydrogens (tertiary/aromatic N) is 4. The van der Waals surface area contributed by atoms with Crippen LogP contribution in [-0.4, -0.2) is 54.7 Å². The van der Waals surface area contributed by atoms with Gasteiger partial charge in [-0.05, 0) is 103 Å². The predicted octanol–water partition coefficient (Wildman–Crippen LogP) is 5.85. The monoisotopic (exact) mass is 570 g/mol. The molecule has 40 heavy (non-hydrogen) atoms. The van der Waals surface area contributed by atoms with Crippen molar-refractivity contribution in [2.75, 3.05) is 41.6 Å². The van der Waals surface area contributed by atoms with Crippen LogP contribution in [0.15, 0.2) is 36.5 Å². The molecule has 8 nitrogen and oxygen atoms in total. The molecule has 1 aromatic heterocycles. The SMILES string of the molecule is Cc1cnc(Nc2cc(F)c(C3CCN(C)CC3)c(F)c2)nc1Nc1ccc2c(c1)N(S(=O)(=O)C(C)(C)C)CC2. The number of piperidine rings is 1. The average Bonchev–Trinajstić information content (AvgIpc) is 3.30. The van der Waals surface area contributed by atoms with Crippen molar-refractivity contribution in [1.29, 1.82) is 0 Å². The Morgan fingerprint density at radius 3 is 2.30 bits per heavy atom. The Bertz CT molecular complexity index is 1510. The summed E-state index contributed by atoms with van der Waals surface area (Å²) < 4.78 is 56.9. The van der Waals surface area contributed by atoms with Gasteiger partial charge in [0.1, 0.15) is 17.5 Å². The average molecular weight is 571 g/mol. The van der Waals surface area contributed by atoms with Gasteiger partial charge in [0.2, 0.25) is 16.0 Å². The van der Waals surface area contributed by atoms with Gasteiger partial charge in [-0.15, -0.1) is 0 Å². The molecule has 3 heterocycles. The molecule has 0 atom stereocenters. The lowest BCUT2D eigenvalue weighted by molar-refractivity contribution is 0.250. The molecule has 5 rings (SSSR count). The van der Waals surface area contributed by atoms with Gasteiger partial charge >= 0.3 is 0 Å². The molecule has 1 saturated heterocycles. The Labute approximate surface area is 234 Å². The zero-order chi connectivity index (χ0) is 28.8. The van der Waals surface area contributed by atoms with Crippen molar-refractivity contribution in [3.05, 3.63) is 64.9 Å². The van der Waals surface area contributed by atoms with Crippen molar-refractivity contribution in [2.45, 2.75) is 57.6 Å². The molecule has 0 aliphatic carbocycles. The highest BCUT2D eigenvalue weighted by atomic mass is 32.2. The Balaban J connectivity index is 1.36. The maximum absolute atomic E-state index is 15.0. The van der Waals surface area contributed by atoms with Gasteiger partial charge in [0.15, 0.2) is 0 Å². The number of fused-ring (bicyclic) bond motifs is 1. The topological polar surface area (TPSA) is 90.5 Å². The maximum atomic E-state index is 15.0. The van der Waals surface area contributed by atoms with Crippen LogP contribution in [0.25, 0.3) is 0 Å². The molecule has 11 heteroatoms. The molecule has 1 fully saturated rings. The molecule has 0 bridgehead atoms. The number of hydrogen-bond donors (Lipinski definition) is 2. The number of nitrogens with one attached hydrogen (secondary N) is 2. The van der Waals surface area contributed by atoms with Crippen molar-refractivity contribution in [1.82, 2.24) is 14.9 Å². The fourth-order valence-electron chi connectivity index (χ4n) is 5.25. The van der Waals surface area contributed by atoms with Gasteiger partial charge in [-0.1, -0.05) is 6.07 Å². The van der Waals surface area contributed by atoms with E-state index in [1.165, 1.54) is 16.4 Å². The number of aromatic nitrogens is 2. The number of likely N-dealkylation sites (tertiary alicyclic amines) is 1. The van der Waals surface area contributed by atoms with Gasteiger partial charge in [-0.25, -0.2) is 22.2 Å². The van der Waals surface area contributed by atoms with E-state index in [-0.39, 0.29) is 23.1 Å². The van der Waals surface area contributed by atoms with E-state index in [9.17, 15) is 8.42 Å². The third-order valence-corrected chi connectivity index (χ3v) is 10.2. The van der Waals surface area contributed by atoms with Gasteiger partial charge in [0, 0.05) is 35.2 Å². The molecule has 0 radical (unpaired) electrons. The molecular formula is C29H36F2N6O2S. The Hall–Kier alpha value is -3.31. The fourth-order valence-corrected chi connectivity index (χ4v) is 6.67. The standard InChI is InChI=1S/C29H36F2N6O2S/c1-18-17-32-28(34-22-14-23(30)26(24(31)15-22)20-8-11-36(5)12-9-20)35-27(18)33-21-7-6-19-10-13-37(25(19)16-21)40(38,39)29(2,3)4/h6-7,14-17,20H,8-13H2,1-5H3,(H2,32,33,34,35). The molecule has 2 aromatic carbocycles. The third kappa shape index (κ3) is 5.49. The van der Waals surface area contributed by atoms with Gasteiger partial charge in [0.25, 0.3) is 0 Å². The molecule has 0 spiro atoms. The molecule has 0 saturated carbocycles. The molecular weight excluding hydrogens is 534 g/mol. The van der Waals surface area contributed by atoms with Crippen LogP contribution in [0, 0.1) is 18.6 Å². The zero-order valence-electron chi connectivity index (χ0n) is 23.6. The minimum Gasteiger partial charge on any atom is -0.340 e. The lowest BCUT2D eigenvalue weighted by atomic mass is 9.88. The van der Waals surface area contributed by atoms with Crippen LogP contribution in [0.1, 0.15) is 56.2 Å². The van der Waals surface area contributed by atoms with E-state index in [1.54, 1.807) is 27.0 Å². The summed E-state index contributed by atoms with van der Waals surface area (Å²) in [4.78, 5) is 11.0. The highest BCUT2D eigenvalue weighted by Gasteiger charge is 2.38. The number of hydrogen-bond acceptors (Lipinski definition) is 7. The van der Waals surface area contributed by atoms with Gasteiger partial charge in [0.05, 0.1) is 10.4 Å². The molecule has 3 aromatic rings. The van der Waals surface area contributed by atoms with Crippen LogP contribution in [0.4, 0.5) is 37.6 Å². The maximum Gasteiger partial charge on any atom is 0.240 e. The first-order valence-corrected chi connectivity index (χ1v) is 15.0. The minimum atomic E-state index is -3.54. The van der Waals surface area contributed by atoms with Crippen LogP contribution < -0.4 is 14.9 Å². The van der Waals surface area contributed by atoms with Crippen LogP contribution in [0.3, 0.4) is 0 Å². The predicted molar refractivity (Wildman–Crippen MR) is 155 cm³/mol. The second kappa shape index (κ2) is 10.6. The van der Waals surface area contributed by atoms with Crippen molar-refractivity contribution in [2.24, 2.45) is 0 Å². The summed E-state index contributed by atoms with van der Waals surface area (Å²) in [7, 11) is -1.53. The molecule has 2 aliphatic heterocycles. The number of sulfonamides is 1. The van der Waals surface area contributed by atoms with E-state index in [0.717, 1.165) is 37.1 Å². The van der Waals surface area contributed by atoms with Crippen molar-refractivity contribution in [3.8, 4) is 0 Å². The fraction of sp³-hybridized carbons (Fsp3) is 0.448. The summed E-state index contributed by atoms with van der Waals surface area (Å²) in [6.45, 7) is 8.95. The smallest absolute Gasteiger partial charge is 0.240 e. The van der Waals surface area contributed by atoms with Gasteiger partial charge in [-0.2, -0.15) is 4.98 Å². The molecule has 214 valence electrons. The normalized spacial score (nSPS) is 16.7. The summed E-state index contributed by atoms with van der Waals surface area (Å²) in [5.74, 6) is -0.620. The first kappa shape index (κ1) is 28.2. The van der Waals surface area contributed by atoms with Crippen molar-refractivity contribution in [3.63, 3.8) is 0 Å². The summed E-state index contributed by atoms with van der Waals surface area (Å²) in [6.07, 6.45) is 3.70. The van der Waals surface area contributed by atoms with Crippen LogP contribution in [0.5, 0.6) is 0 Å². The van der Waals surface area contributed by atoms with Crippen molar-refractivity contribution < 1.29 is 17.2 Å². The van der Waals surface area contributed by atoms with Crippen LogP contribution in [0.2, 0.25) is 0 Å². The Morgan fingerprint density at radius 2 is 1.65 bits per heavy atom. The van der Waals surface area contributed by atoms with Gasteiger partial charge in [-0.3, -0.25) is 4.31 Å². The first-order chi connectivity index (χ1) is 18.8. The zero-order valence-corrected chi connectivity index (χ0v) is 24.4. The molecule has 0 unspecified atom stereocenters. The van der Waals surface area contributed by atoms with Crippen LogP contribution >= 0.6 is 0 Å². The highest BCUT2D eigenvalue weighted by molar-refractivity contribution is 7.94. The number of rotatable bonds is 6. The Morgan fingerprint density at radius 1 is 0.975 bits per heavy atom. The van der Waals surface area contributed by atoms with E-state index >= 15 is 8.78 Å². The number of aryl methyl sites for hydroxylation is 1. The number of benzene rings is 2. The van der Waals surface area contributed by atoms with Crippen molar-refractivity contribution >= 4 is 38.9 Å². The van der Waals surface area contributed by atoms with E-state index in [2.05, 4.69) is 25.5 Å². The number of anilines is 5. The first-order valence-electron chi connectivity index (χ1n) is 13.5. The summed E-state index contributed by atoms with van der Waals surface area (Å²) in [6, 6.07) is 8.19. The lowest BCUT2D eigenvalue weighted by Gasteiger charge is -2.29. The third-order valence-electron chi connectivity index (χ3n) is 7.70. The highest BCUT2D eigenvalue weighted by Crippen LogP contribution is 2.37. The van der Waals surface area contributed by atoms with E-state index in [4.69, 9.17) is 0 Å². The second-order valence-corrected chi connectivity index (χ2v) is 14.3. The quantitative estimate of drug-likeness (QED) is 0.384. The van der Waals surface area contributed by atoms with E-state index < -0.39 is 26.4 Å². The van der Waals surface area contributed by atoms with E-state index in [0.29, 0.717) is 30.2 Å². The lowest BCUT2D eigenvalue weighted by Crippen LogP contribution is -2.42. The number of halogens is 2. The van der Waals surface area contributed by atoms with E-state index in [1.807, 2.05) is 32.2 Å². The Kier molecular flexibility index (Phi) is 7.47. The minimum absolute atomic E-state index is 0.140. The van der Waals surface area contributed by atoms with Gasteiger partial charge < -0.3 is 15.5 Å².